The summed E-state index contributed by atoms with van der Waals surface area (Å²) in [5, 5.41) is 18.0. The number of aliphatic hydroxyl groups is 1. The maximum atomic E-state index is 11.1. The Morgan fingerprint density at radius 2 is 2.06 bits per heavy atom. The first-order valence-corrected chi connectivity index (χ1v) is 5.23. The molecule has 1 aromatic rings. The summed E-state index contributed by atoms with van der Waals surface area (Å²) in [5.74, 6) is -0.777. The molecule has 1 aromatic carbocycles. The SMILES string of the molecule is CC(C)c1cc(N)c(CCO)c(C(=O)O)c1. The van der Waals surface area contributed by atoms with E-state index in [0.717, 1.165) is 5.56 Å². The van der Waals surface area contributed by atoms with Gasteiger partial charge >= 0.3 is 5.97 Å². The Labute approximate surface area is 94.7 Å². The zero-order chi connectivity index (χ0) is 12.3. The van der Waals surface area contributed by atoms with Crippen LogP contribution in [0.1, 0.15) is 41.3 Å². The molecule has 0 aliphatic rings. The van der Waals surface area contributed by atoms with Crippen LogP contribution in [-0.2, 0) is 6.42 Å². The molecule has 16 heavy (non-hydrogen) atoms. The van der Waals surface area contributed by atoms with Crippen LogP contribution in [0.5, 0.6) is 0 Å². The van der Waals surface area contributed by atoms with Gasteiger partial charge in [-0.2, -0.15) is 0 Å². The van der Waals surface area contributed by atoms with Gasteiger partial charge in [-0.3, -0.25) is 0 Å². The summed E-state index contributed by atoms with van der Waals surface area (Å²) in [7, 11) is 0. The van der Waals surface area contributed by atoms with Crippen molar-refractivity contribution in [3.05, 3.63) is 28.8 Å². The minimum atomic E-state index is -1.00. The van der Waals surface area contributed by atoms with Gasteiger partial charge in [0.05, 0.1) is 5.56 Å². The Morgan fingerprint density at radius 3 is 2.50 bits per heavy atom. The van der Waals surface area contributed by atoms with Gasteiger partial charge in [0.15, 0.2) is 0 Å². The van der Waals surface area contributed by atoms with Gasteiger partial charge in [0.1, 0.15) is 0 Å². The van der Waals surface area contributed by atoms with Gasteiger partial charge in [-0.15, -0.1) is 0 Å². The van der Waals surface area contributed by atoms with Gasteiger partial charge in [0.2, 0.25) is 0 Å². The zero-order valence-corrected chi connectivity index (χ0v) is 9.53. The molecule has 0 saturated carbocycles. The van der Waals surface area contributed by atoms with Crippen molar-refractivity contribution in [3.8, 4) is 0 Å². The molecule has 0 saturated heterocycles. The van der Waals surface area contributed by atoms with Gasteiger partial charge in [-0.1, -0.05) is 13.8 Å². The highest BCUT2D eigenvalue weighted by Crippen LogP contribution is 2.25. The van der Waals surface area contributed by atoms with Gasteiger partial charge in [0, 0.05) is 12.3 Å². The quantitative estimate of drug-likeness (QED) is 0.677. The summed E-state index contributed by atoms with van der Waals surface area (Å²) in [6.45, 7) is 3.85. The van der Waals surface area contributed by atoms with Gasteiger partial charge in [-0.25, -0.2) is 4.79 Å². The van der Waals surface area contributed by atoms with Crippen LogP contribution in [0.3, 0.4) is 0 Å². The first kappa shape index (κ1) is 12.5. The number of nitrogens with two attached hydrogens (primary N) is 1. The number of nitrogen functional groups attached to an aromatic ring is 1. The summed E-state index contributed by atoms with van der Waals surface area (Å²) in [5.41, 5.74) is 7.86. The van der Waals surface area contributed by atoms with E-state index in [-0.39, 0.29) is 24.5 Å². The van der Waals surface area contributed by atoms with Crippen molar-refractivity contribution in [2.45, 2.75) is 26.2 Å². The number of aliphatic hydroxyl groups excluding tert-OH is 1. The molecule has 4 heteroatoms. The number of hydrogen-bond acceptors (Lipinski definition) is 3. The monoisotopic (exact) mass is 223 g/mol. The van der Waals surface area contributed by atoms with Crippen molar-refractivity contribution in [1.29, 1.82) is 0 Å². The van der Waals surface area contributed by atoms with Gasteiger partial charge in [0.25, 0.3) is 0 Å². The molecule has 0 aliphatic carbocycles. The van der Waals surface area contributed by atoms with E-state index >= 15 is 0 Å². The van der Waals surface area contributed by atoms with E-state index in [1.807, 2.05) is 13.8 Å². The largest absolute Gasteiger partial charge is 0.478 e. The van der Waals surface area contributed by atoms with E-state index in [2.05, 4.69) is 0 Å². The summed E-state index contributed by atoms with van der Waals surface area (Å²) in [6.07, 6.45) is 0.270. The minimum Gasteiger partial charge on any atom is -0.478 e. The average molecular weight is 223 g/mol. The van der Waals surface area contributed by atoms with Crippen molar-refractivity contribution in [2.24, 2.45) is 0 Å². The van der Waals surface area contributed by atoms with Crippen LogP contribution in [0.2, 0.25) is 0 Å². The molecule has 0 aliphatic heterocycles. The topological polar surface area (TPSA) is 83.5 Å². The molecule has 0 fully saturated rings. The van der Waals surface area contributed by atoms with Crippen molar-refractivity contribution < 1.29 is 15.0 Å². The number of aromatic carboxylic acids is 1. The number of carbonyl (C=O) groups is 1. The Hall–Kier alpha value is -1.55. The summed E-state index contributed by atoms with van der Waals surface area (Å²) in [4.78, 5) is 11.1. The molecule has 0 unspecified atom stereocenters. The Balaban J connectivity index is 3.33. The van der Waals surface area contributed by atoms with Crippen LogP contribution >= 0.6 is 0 Å². The molecule has 0 spiro atoms. The second-order valence-electron chi connectivity index (χ2n) is 4.07. The molecule has 1 rings (SSSR count). The Morgan fingerprint density at radius 1 is 1.44 bits per heavy atom. The second kappa shape index (κ2) is 4.99. The number of rotatable bonds is 4. The smallest absolute Gasteiger partial charge is 0.336 e. The van der Waals surface area contributed by atoms with Crippen LogP contribution in [0.25, 0.3) is 0 Å². The number of carboxylic acids is 1. The highest BCUT2D eigenvalue weighted by molar-refractivity contribution is 5.91. The van der Waals surface area contributed by atoms with Crippen molar-refractivity contribution in [3.63, 3.8) is 0 Å². The molecule has 0 bridgehead atoms. The van der Waals surface area contributed by atoms with Gasteiger partial charge in [-0.05, 0) is 35.6 Å². The molecular weight excluding hydrogens is 206 g/mol. The first-order chi connectivity index (χ1) is 7.47. The molecule has 0 atom stereocenters. The van der Waals surface area contributed by atoms with E-state index in [1.165, 1.54) is 0 Å². The molecular formula is C12H17NO3. The van der Waals surface area contributed by atoms with Crippen LogP contribution in [0.4, 0.5) is 5.69 Å². The lowest BCUT2D eigenvalue weighted by Crippen LogP contribution is -2.09. The predicted molar refractivity (Wildman–Crippen MR) is 62.7 cm³/mol. The van der Waals surface area contributed by atoms with Crippen molar-refractivity contribution in [2.75, 3.05) is 12.3 Å². The Kier molecular flexibility index (Phi) is 3.90. The van der Waals surface area contributed by atoms with Crippen molar-refractivity contribution in [1.82, 2.24) is 0 Å². The van der Waals surface area contributed by atoms with Crippen LogP contribution < -0.4 is 5.73 Å². The molecule has 88 valence electrons. The lowest BCUT2D eigenvalue weighted by molar-refractivity contribution is 0.0695. The first-order valence-electron chi connectivity index (χ1n) is 5.23. The van der Waals surface area contributed by atoms with E-state index in [0.29, 0.717) is 11.3 Å². The normalized spacial score (nSPS) is 10.8. The van der Waals surface area contributed by atoms with E-state index < -0.39 is 5.97 Å². The van der Waals surface area contributed by atoms with Crippen LogP contribution in [0.15, 0.2) is 12.1 Å². The molecule has 4 nitrogen and oxygen atoms in total. The number of benzene rings is 1. The molecule has 0 aromatic heterocycles. The predicted octanol–water partition coefficient (Wildman–Crippen LogP) is 1.63. The number of carboxylic acid groups (broad SMARTS) is 1. The van der Waals surface area contributed by atoms with Gasteiger partial charge < -0.3 is 15.9 Å². The fourth-order valence-corrected chi connectivity index (χ4v) is 1.63. The van der Waals surface area contributed by atoms with Crippen molar-refractivity contribution >= 4 is 11.7 Å². The standard InChI is InChI=1S/C12H17NO3/c1-7(2)8-5-10(12(15)16)9(3-4-14)11(13)6-8/h5-7,14H,3-4,13H2,1-2H3,(H,15,16). The van der Waals surface area contributed by atoms with Crippen LogP contribution in [0, 0.1) is 0 Å². The highest BCUT2D eigenvalue weighted by Gasteiger charge is 2.15. The lowest BCUT2D eigenvalue weighted by Gasteiger charge is -2.13. The minimum absolute atomic E-state index is 0.106. The summed E-state index contributed by atoms with van der Waals surface area (Å²) in [6, 6.07) is 3.41. The fraction of sp³-hybridized carbons (Fsp3) is 0.417. The third-order valence-electron chi connectivity index (χ3n) is 2.57. The number of hydrogen-bond donors (Lipinski definition) is 3. The maximum Gasteiger partial charge on any atom is 0.336 e. The third kappa shape index (κ3) is 2.52. The summed E-state index contributed by atoms with van der Waals surface area (Å²) < 4.78 is 0. The third-order valence-corrected chi connectivity index (χ3v) is 2.57. The van der Waals surface area contributed by atoms with Crippen LogP contribution in [-0.4, -0.2) is 22.8 Å². The lowest BCUT2D eigenvalue weighted by atomic mass is 9.94. The zero-order valence-electron chi connectivity index (χ0n) is 9.53. The Bertz CT molecular complexity index is 399. The van der Waals surface area contributed by atoms with E-state index in [4.69, 9.17) is 15.9 Å². The average Bonchev–Trinajstić information content (AvgIpc) is 2.20. The maximum absolute atomic E-state index is 11.1. The summed E-state index contributed by atoms with van der Waals surface area (Å²) >= 11 is 0. The highest BCUT2D eigenvalue weighted by atomic mass is 16.4. The molecule has 0 radical (unpaired) electrons. The number of anilines is 1. The second-order valence-corrected chi connectivity index (χ2v) is 4.07. The van der Waals surface area contributed by atoms with E-state index in [9.17, 15) is 4.79 Å². The molecule has 0 amide bonds. The fourth-order valence-electron chi connectivity index (χ4n) is 1.63. The van der Waals surface area contributed by atoms with E-state index in [1.54, 1.807) is 12.1 Å². The molecule has 0 heterocycles. The molecule has 4 N–H and O–H groups in total.